The van der Waals surface area contributed by atoms with Crippen LogP contribution in [0.3, 0.4) is 0 Å². The molecule has 0 aliphatic heterocycles. The van der Waals surface area contributed by atoms with Crippen LogP contribution in [0, 0.1) is 5.92 Å². The minimum atomic E-state index is -0.0343. The van der Waals surface area contributed by atoms with Crippen molar-refractivity contribution in [1.29, 1.82) is 0 Å². The van der Waals surface area contributed by atoms with Gasteiger partial charge < -0.3 is 15.2 Å². The molecule has 1 aliphatic rings. The van der Waals surface area contributed by atoms with E-state index in [1.54, 1.807) is 14.2 Å². The molecule has 1 saturated carbocycles. The predicted octanol–water partition coefficient (Wildman–Crippen LogP) is 1.88. The van der Waals surface area contributed by atoms with E-state index in [2.05, 4.69) is 18.7 Å². The highest BCUT2D eigenvalue weighted by Crippen LogP contribution is 2.31. The van der Waals surface area contributed by atoms with Gasteiger partial charge >= 0.3 is 0 Å². The Labute approximate surface area is 118 Å². The molecule has 0 saturated heterocycles. The van der Waals surface area contributed by atoms with Gasteiger partial charge in [0.15, 0.2) is 0 Å². The molecular formula is C15H32N2O2. The highest BCUT2D eigenvalue weighted by atomic mass is 16.5. The molecule has 3 atom stereocenters. The molecule has 1 fully saturated rings. The average molecular weight is 272 g/mol. The number of rotatable bonds is 8. The Morgan fingerprint density at radius 3 is 2.68 bits per heavy atom. The van der Waals surface area contributed by atoms with Gasteiger partial charge in [0.1, 0.15) is 0 Å². The Morgan fingerprint density at radius 2 is 2.11 bits per heavy atom. The summed E-state index contributed by atoms with van der Waals surface area (Å²) in [6, 6.07) is 0.387. The molecule has 3 unspecified atom stereocenters. The molecule has 1 aliphatic carbocycles. The predicted molar refractivity (Wildman–Crippen MR) is 79.3 cm³/mol. The maximum absolute atomic E-state index is 6.63. The first-order valence-corrected chi connectivity index (χ1v) is 7.51. The second-order valence-electron chi connectivity index (χ2n) is 6.33. The van der Waals surface area contributed by atoms with Crippen LogP contribution in [0.15, 0.2) is 0 Å². The molecule has 2 N–H and O–H groups in total. The van der Waals surface area contributed by atoms with E-state index in [1.165, 1.54) is 12.8 Å². The molecule has 1 rings (SSSR count). The van der Waals surface area contributed by atoms with Crippen LogP contribution in [-0.4, -0.2) is 57.0 Å². The summed E-state index contributed by atoms with van der Waals surface area (Å²) in [6.07, 6.45) is 4.86. The molecular weight excluding hydrogens is 240 g/mol. The lowest BCUT2D eigenvalue weighted by Crippen LogP contribution is -2.55. The summed E-state index contributed by atoms with van der Waals surface area (Å²) >= 11 is 0. The van der Waals surface area contributed by atoms with E-state index in [9.17, 15) is 0 Å². The molecule has 0 aromatic carbocycles. The zero-order valence-electron chi connectivity index (χ0n) is 13.2. The van der Waals surface area contributed by atoms with Crippen LogP contribution in [0.1, 0.15) is 39.5 Å². The van der Waals surface area contributed by atoms with Crippen LogP contribution in [0.5, 0.6) is 0 Å². The minimum absolute atomic E-state index is 0.0343. The maximum Gasteiger partial charge on any atom is 0.0615 e. The highest BCUT2D eigenvalue weighted by molar-refractivity contribution is 4.93. The normalized spacial score (nSPS) is 29.7. The smallest absolute Gasteiger partial charge is 0.0615 e. The fourth-order valence-corrected chi connectivity index (χ4v) is 3.26. The number of ether oxygens (including phenoxy) is 2. The number of hydrogen-bond acceptors (Lipinski definition) is 4. The third-order valence-corrected chi connectivity index (χ3v) is 4.26. The molecule has 4 heteroatoms. The van der Waals surface area contributed by atoms with Gasteiger partial charge in [0.05, 0.1) is 13.2 Å². The molecule has 0 bridgehead atoms. The van der Waals surface area contributed by atoms with Crippen LogP contribution in [0.25, 0.3) is 0 Å². The monoisotopic (exact) mass is 272 g/mol. The fourth-order valence-electron chi connectivity index (χ4n) is 3.26. The van der Waals surface area contributed by atoms with E-state index in [0.717, 1.165) is 45.1 Å². The Hall–Kier alpha value is -0.160. The van der Waals surface area contributed by atoms with Gasteiger partial charge in [-0.1, -0.05) is 19.8 Å². The van der Waals surface area contributed by atoms with Crippen molar-refractivity contribution in [3.8, 4) is 0 Å². The van der Waals surface area contributed by atoms with E-state index in [1.807, 2.05) is 0 Å². The van der Waals surface area contributed by atoms with Crippen molar-refractivity contribution < 1.29 is 9.47 Å². The van der Waals surface area contributed by atoms with Crippen molar-refractivity contribution in [3.05, 3.63) is 0 Å². The summed E-state index contributed by atoms with van der Waals surface area (Å²) in [7, 11) is 3.51. The minimum Gasteiger partial charge on any atom is -0.383 e. The first-order chi connectivity index (χ1) is 9.00. The molecule has 4 nitrogen and oxygen atoms in total. The second-order valence-corrected chi connectivity index (χ2v) is 6.33. The molecule has 0 radical (unpaired) electrons. The van der Waals surface area contributed by atoms with Gasteiger partial charge in [-0.05, 0) is 25.7 Å². The fraction of sp³-hybridized carbons (Fsp3) is 1.00. The zero-order valence-corrected chi connectivity index (χ0v) is 13.2. The van der Waals surface area contributed by atoms with Crippen molar-refractivity contribution in [1.82, 2.24) is 4.90 Å². The number of methoxy groups -OCH3 is 2. The van der Waals surface area contributed by atoms with Crippen LogP contribution >= 0.6 is 0 Å². The van der Waals surface area contributed by atoms with E-state index >= 15 is 0 Å². The van der Waals surface area contributed by atoms with Crippen molar-refractivity contribution in [2.75, 3.05) is 40.5 Å². The first-order valence-electron chi connectivity index (χ1n) is 7.51. The Morgan fingerprint density at radius 1 is 1.37 bits per heavy atom. The average Bonchev–Trinajstić information content (AvgIpc) is 2.34. The van der Waals surface area contributed by atoms with Gasteiger partial charge in [-0.3, -0.25) is 4.90 Å². The van der Waals surface area contributed by atoms with Crippen molar-refractivity contribution in [3.63, 3.8) is 0 Å². The van der Waals surface area contributed by atoms with Crippen molar-refractivity contribution in [2.24, 2.45) is 11.7 Å². The lowest BCUT2D eigenvalue weighted by atomic mass is 9.76. The third-order valence-electron chi connectivity index (χ3n) is 4.26. The van der Waals surface area contributed by atoms with Crippen LogP contribution in [-0.2, 0) is 9.47 Å². The summed E-state index contributed by atoms with van der Waals surface area (Å²) < 4.78 is 10.5. The standard InChI is InChI=1S/C15H32N2O2/c1-13-6-5-7-15(16,10-13)12-17(8-9-18-3)14(2)11-19-4/h13-14H,5-12,16H2,1-4H3. The largest absolute Gasteiger partial charge is 0.383 e. The van der Waals surface area contributed by atoms with Crippen molar-refractivity contribution in [2.45, 2.75) is 51.1 Å². The van der Waals surface area contributed by atoms with E-state index < -0.39 is 0 Å². The zero-order chi connectivity index (χ0) is 14.3. The lowest BCUT2D eigenvalue weighted by Gasteiger charge is -2.42. The van der Waals surface area contributed by atoms with Crippen LogP contribution in [0.2, 0.25) is 0 Å². The number of nitrogens with two attached hydrogens (primary N) is 1. The number of nitrogens with zero attached hydrogens (tertiary/aromatic N) is 1. The summed E-state index contributed by atoms with van der Waals surface area (Å²) in [5.41, 5.74) is 6.60. The van der Waals surface area contributed by atoms with E-state index in [0.29, 0.717) is 6.04 Å². The van der Waals surface area contributed by atoms with Gasteiger partial charge in [0, 0.05) is 38.9 Å². The molecule has 0 aromatic rings. The topological polar surface area (TPSA) is 47.7 Å². The third kappa shape index (κ3) is 5.78. The second kappa shape index (κ2) is 8.20. The van der Waals surface area contributed by atoms with E-state index in [4.69, 9.17) is 15.2 Å². The summed E-state index contributed by atoms with van der Waals surface area (Å²) in [4.78, 5) is 2.42. The molecule has 0 amide bonds. The Bertz CT molecular complexity index is 250. The molecule has 114 valence electrons. The summed E-state index contributed by atoms with van der Waals surface area (Å²) in [5.74, 6) is 0.751. The molecule has 0 heterocycles. The SMILES string of the molecule is COCCN(CC1(N)CCCC(C)C1)C(C)COC. The highest BCUT2D eigenvalue weighted by Gasteiger charge is 2.33. The van der Waals surface area contributed by atoms with Gasteiger partial charge in [-0.25, -0.2) is 0 Å². The van der Waals surface area contributed by atoms with Crippen LogP contribution < -0.4 is 5.73 Å². The van der Waals surface area contributed by atoms with Crippen LogP contribution in [0.4, 0.5) is 0 Å². The van der Waals surface area contributed by atoms with Gasteiger partial charge in [0.2, 0.25) is 0 Å². The van der Waals surface area contributed by atoms with Gasteiger partial charge in [-0.15, -0.1) is 0 Å². The van der Waals surface area contributed by atoms with Crippen molar-refractivity contribution >= 4 is 0 Å². The molecule has 0 aromatic heterocycles. The van der Waals surface area contributed by atoms with E-state index in [-0.39, 0.29) is 5.54 Å². The molecule has 19 heavy (non-hydrogen) atoms. The Balaban J connectivity index is 2.58. The Kier molecular flexibility index (Phi) is 7.29. The quantitative estimate of drug-likeness (QED) is 0.733. The number of hydrogen-bond donors (Lipinski definition) is 1. The van der Waals surface area contributed by atoms with Gasteiger partial charge in [-0.2, -0.15) is 0 Å². The molecule has 0 spiro atoms. The van der Waals surface area contributed by atoms with Gasteiger partial charge in [0.25, 0.3) is 0 Å². The maximum atomic E-state index is 6.63. The summed E-state index contributed by atoms with van der Waals surface area (Å²) in [5, 5.41) is 0. The lowest BCUT2D eigenvalue weighted by molar-refractivity contribution is 0.0497. The summed E-state index contributed by atoms with van der Waals surface area (Å²) in [6.45, 7) is 7.89. The first kappa shape index (κ1) is 16.9.